The first-order valence-electron chi connectivity index (χ1n) is 10.5. The lowest BCUT2D eigenvalue weighted by molar-refractivity contribution is 0.155. The van der Waals surface area contributed by atoms with Crippen molar-refractivity contribution < 1.29 is 4.21 Å². The summed E-state index contributed by atoms with van der Waals surface area (Å²) in [6.45, 7) is 15.7. The molecule has 1 saturated heterocycles. The molecule has 2 bridgehead atoms. The molecule has 0 aromatic heterocycles. The Morgan fingerprint density at radius 1 is 1.30 bits per heavy atom. The maximum absolute atomic E-state index is 13.8. The maximum atomic E-state index is 13.8. The van der Waals surface area contributed by atoms with Crippen molar-refractivity contribution in [3.8, 4) is 0 Å². The summed E-state index contributed by atoms with van der Waals surface area (Å²) >= 11 is 0. The molecule has 4 rings (SSSR count). The summed E-state index contributed by atoms with van der Waals surface area (Å²) < 4.78 is 13.8. The van der Waals surface area contributed by atoms with Crippen LogP contribution in [0, 0.1) is 28.6 Å². The van der Waals surface area contributed by atoms with Crippen LogP contribution in [0.15, 0.2) is 36.6 Å². The number of hydrazine groups is 1. The van der Waals surface area contributed by atoms with Crippen LogP contribution in [0.3, 0.4) is 0 Å². The second kappa shape index (κ2) is 6.25. The van der Waals surface area contributed by atoms with Crippen LogP contribution in [0.5, 0.6) is 0 Å². The van der Waals surface area contributed by atoms with Crippen molar-refractivity contribution in [1.82, 2.24) is 10.4 Å². The van der Waals surface area contributed by atoms with Gasteiger partial charge in [-0.1, -0.05) is 58.1 Å². The third-order valence-corrected chi connectivity index (χ3v) is 9.82. The zero-order valence-electron chi connectivity index (χ0n) is 17.3. The number of allylic oxidation sites excluding steroid dienone is 2. The second-order valence-electron chi connectivity index (χ2n) is 10.1. The van der Waals surface area contributed by atoms with Crippen molar-refractivity contribution in [2.24, 2.45) is 28.6 Å². The Kier molecular flexibility index (Phi) is 4.47. The van der Waals surface area contributed by atoms with E-state index in [2.05, 4.69) is 62.4 Å². The van der Waals surface area contributed by atoms with Gasteiger partial charge in [-0.05, 0) is 58.3 Å². The Morgan fingerprint density at radius 3 is 2.59 bits per heavy atom. The quantitative estimate of drug-likeness (QED) is 0.542. The molecule has 0 aromatic rings. The summed E-state index contributed by atoms with van der Waals surface area (Å²) in [5.74, 6) is 7.04. The number of hydrogen-bond donors (Lipinski definition) is 1. The minimum Gasteiger partial charge on any atom is -0.301 e. The Bertz CT molecular complexity index is 793. The van der Waals surface area contributed by atoms with Gasteiger partial charge >= 0.3 is 0 Å². The van der Waals surface area contributed by atoms with Gasteiger partial charge in [-0.25, -0.2) is 5.43 Å². The number of rotatable bonds is 6. The molecule has 0 amide bonds. The zero-order chi connectivity index (χ0) is 19.6. The Hall–Kier alpha value is -1.00. The number of hydrogen-bond acceptors (Lipinski definition) is 3. The minimum absolute atomic E-state index is 0.0574. The monoisotopic (exact) mass is 388 g/mol. The minimum atomic E-state index is -2.29. The molecule has 2 saturated carbocycles. The highest BCUT2D eigenvalue weighted by molar-refractivity contribution is 8.00. The fraction of sp³-hybridized carbons (Fsp3) is 0.696. The van der Waals surface area contributed by atoms with Crippen LogP contribution in [0.4, 0.5) is 0 Å². The predicted octanol–water partition coefficient (Wildman–Crippen LogP) is 4.35. The summed E-state index contributed by atoms with van der Waals surface area (Å²) in [6, 6.07) is 0.435. The highest BCUT2D eigenvalue weighted by Gasteiger charge is 2.53. The molecule has 0 aromatic carbocycles. The van der Waals surface area contributed by atoms with Crippen molar-refractivity contribution in [3.63, 3.8) is 0 Å². The van der Waals surface area contributed by atoms with Crippen LogP contribution in [0.2, 0.25) is 0 Å². The molecule has 1 heterocycles. The highest BCUT2D eigenvalue weighted by Crippen LogP contribution is 2.58. The van der Waals surface area contributed by atoms with E-state index in [0.29, 0.717) is 35.4 Å². The van der Waals surface area contributed by atoms with Crippen LogP contribution in [-0.4, -0.2) is 32.8 Å². The van der Waals surface area contributed by atoms with E-state index < -0.39 is 9.52 Å². The van der Waals surface area contributed by atoms with E-state index in [4.69, 9.17) is 0 Å². The van der Waals surface area contributed by atoms with Crippen LogP contribution in [0.25, 0.3) is 0 Å². The lowest BCUT2D eigenvalue weighted by Gasteiger charge is -2.44. The molecule has 1 aliphatic heterocycles. The summed E-state index contributed by atoms with van der Waals surface area (Å²) in [5, 5.41) is 2.08. The van der Waals surface area contributed by atoms with Gasteiger partial charge in [-0.15, -0.1) is 0 Å². The molecular weight excluding hydrogens is 352 g/mol. The van der Waals surface area contributed by atoms with Gasteiger partial charge in [0.05, 0.1) is 0 Å². The Balaban J connectivity index is 1.52. The normalized spacial score (nSPS) is 41.4. The molecule has 1 N–H and O–H groups in total. The molecule has 0 radical (unpaired) electrons. The fourth-order valence-electron chi connectivity index (χ4n) is 6.48. The standard InChI is InChI=1S/C23H36N2OS/c1-7-11-23(16(2)10-12-22(23,4)5)14-27(6,26)15-25-17(3)20-18-8-9-19(13-18)21(20)24-25/h8-9,18-21,24H,2-3,6-7,10-15H2,1,4-5H3. The lowest BCUT2D eigenvalue weighted by atomic mass is 9.65. The van der Waals surface area contributed by atoms with Crippen LogP contribution in [0.1, 0.15) is 52.9 Å². The van der Waals surface area contributed by atoms with Gasteiger partial charge in [-0.3, -0.25) is 4.21 Å². The van der Waals surface area contributed by atoms with Gasteiger partial charge in [-0.2, -0.15) is 0 Å². The van der Waals surface area contributed by atoms with Gasteiger partial charge in [0.2, 0.25) is 0 Å². The number of fused-ring (bicyclic) bond motifs is 5. The smallest absolute Gasteiger partial charge is 0.102 e. The maximum Gasteiger partial charge on any atom is 0.102 e. The average Bonchev–Trinajstić information content (AvgIpc) is 3.29. The van der Waals surface area contributed by atoms with Gasteiger partial charge in [0.25, 0.3) is 0 Å². The first-order valence-corrected chi connectivity index (χ1v) is 12.6. The summed E-state index contributed by atoms with van der Waals surface area (Å²) in [7, 11) is -2.29. The van der Waals surface area contributed by atoms with Crippen LogP contribution >= 0.6 is 0 Å². The Morgan fingerprint density at radius 2 is 2.00 bits per heavy atom. The first-order chi connectivity index (χ1) is 12.6. The second-order valence-corrected chi connectivity index (χ2v) is 12.6. The third-order valence-electron chi connectivity index (χ3n) is 8.07. The fourth-order valence-corrected chi connectivity index (χ4v) is 8.92. The van der Waals surface area contributed by atoms with Gasteiger partial charge in [0, 0.05) is 28.8 Å². The summed E-state index contributed by atoms with van der Waals surface area (Å²) in [4.78, 5) is 0. The molecule has 4 heteroatoms. The van der Waals surface area contributed by atoms with Crippen molar-refractivity contribution in [3.05, 3.63) is 36.6 Å². The Labute approximate surface area is 166 Å². The molecule has 3 aliphatic carbocycles. The van der Waals surface area contributed by atoms with E-state index in [1.807, 2.05) is 0 Å². The van der Waals surface area contributed by atoms with Crippen molar-refractivity contribution in [1.29, 1.82) is 0 Å². The molecule has 3 fully saturated rings. The van der Waals surface area contributed by atoms with Crippen LogP contribution in [-0.2, 0) is 9.52 Å². The third kappa shape index (κ3) is 2.86. The number of nitrogens with one attached hydrogen (secondary N) is 1. The zero-order valence-corrected chi connectivity index (χ0v) is 18.1. The lowest BCUT2D eigenvalue weighted by Crippen LogP contribution is -2.45. The molecule has 6 unspecified atom stereocenters. The van der Waals surface area contributed by atoms with E-state index in [0.717, 1.165) is 31.4 Å². The van der Waals surface area contributed by atoms with E-state index in [1.165, 1.54) is 12.0 Å². The van der Waals surface area contributed by atoms with Gasteiger partial charge in [0.15, 0.2) is 0 Å². The van der Waals surface area contributed by atoms with Gasteiger partial charge in [0.1, 0.15) is 5.88 Å². The summed E-state index contributed by atoms with van der Waals surface area (Å²) in [5.41, 5.74) is 6.11. The topological polar surface area (TPSA) is 32.3 Å². The van der Waals surface area contributed by atoms with E-state index >= 15 is 0 Å². The molecule has 0 spiro atoms. The molecule has 27 heavy (non-hydrogen) atoms. The molecule has 4 aliphatic rings. The molecule has 3 nitrogen and oxygen atoms in total. The van der Waals surface area contributed by atoms with E-state index in [1.54, 1.807) is 0 Å². The van der Waals surface area contributed by atoms with Crippen molar-refractivity contribution in [2.75, 3.05) is 11.6 Å². The van der Waals surface area contributed by atoms with E-state index in [-0.39, 0.29) is 10.8 Å². The largest absolute Gasteiger partial charge is 0.301 e. The molecular formula is C23H36N2OS. The highest BCUT2D eigenvalue weighted by atomic mass is 32.2. The van der Waals surface area contributed by atoms with Crippen LogP contribution < -0.4 is 5.43 Å². The van der Waals surface area contributed by atoms with Crippen molar-refractivity contribution in [2.45, 2.75) is 58.9 Å². The average molecular weight is 389 g/mol. The summed E-state index contributed by atoms with van der Waals surface area (Å²) in [6.07, 6.45) is 10.3. The van der Waals surface area contributed by atoms with E-state index in [9.17, 15) is 4.21 Å². The molecule has 6 atom stereocenters. The van der Waals surface area contributed by atoms with Crippen molar-refractivity contribution >= 4 is 15.4 Å². The first kappa shape index (κ1) is 19.3. The van der Waals surface area contributed by atoms with Gasteiger partial charge < -0.3 is 5.01 Å². The number of nitrogens with zero attached hydrogens (tertiary/aromatic N) is 1. The predicted molar refractivity (Wildman–Crippen MR) is 117 cm³/mol. The SMILES string of the molecule is C=C1C2C3C=CC(C3)C2NN1CS(=C)(=O)CC1(CCC)C(=C)CCC1(C)C. The molecule has 150 valence electrons.